The van der Waals surface area contributed by atoms with Crippen molar-refractivity contribution in [2.75, 3.05) is 37.7 Å². The predicted octanol–water partition coefficient (Wildman–Crippen LogP) is 1.84. The molecular formula is C25H35N3O7S2. The lowest BCUT2D eigenvalue weighted by molar-refractivity contribution is -0.134. The molecule has 3 rings (SSSR count). The summed E-state index contributed by atoms with van der Waals surface area (Å²) in [5, 5.41) is 9.74. The third-order valence-corrected chi connectivity index (χ3v) is 9.18. The van der Waals surface area contributed by atoms with Gasteiger partial charge in [-0.1, -0.05) is 24.6 Å². The highest BCUT2D eigenvalue weighted by atomic mass is 32.2. The minimum absolute atomic E-state index is 0.0524. The van der Waals surface area contributed by atoms with Crippen LogP contribution in [0.2, 0.25) is 0 Å². The van der Waals surface area contributed by atoms with Gasteiger partial charge in [-0.05, 0) is 44.2 Å². The zero-order valence-corrected chi connectivity index (χ0v) is 23.3. The molecule has 204 valence electrons. The van der Waals surface area contributed by atoms with Gasteiger partial charge in [0.2, 0.25) is 15.9 Å². The number of aryl methyl sites for hydroxylation is 1. The lowest BCUT2D eigenvalue weighted by atomic mass is 10.0. The van der Waals surface area contributed by atoms with Gasteiger partial charge in [0.1, 0.15) is 11.9 Å². The molecular weight excluding hydrogens is 518 g/mol. The van der Waals surface area contributed by atoms with Crippen LogP contribution in [-0.2, 0) is 31.3 Å². The van der Waals surface area contributed by atoms with E-state index >= 15 is 0 Å². The van der Waals surface area contributed by atoms with Gasteiger partial charge in [-0.3, -0.25) is 9.52 Å². The predicted molar refractivity (Wildman–Crippen MR) is 141 cm³/mol. The Bertz CT molecular complexity index is 1330. The van der Waals surface area contributed by atoms with E-state index in [0.29, 0.717) is 11.3 Å². The van der Waals surface area contributed by atoms with Gasteiger partial charge in [0.15, 0.2) is 0 Å². The highest BCUT2D eigenvalue weighted by Crippen LogP contribution is 2.30. The Morgan fingerprint density at radius 1 is 1.16 bits per heavy atom. The first-order valence-electron chi connectivity index (χ1n) is 11.9. The van der Waals surface area contributed by atoms with Crippen molar-refractivity contribution in [2.45, 2.75) is 44.2 Å². The van der Waals surface area contributed by atoms with Crippen LogP contribution >= 0.6 is 0 Å². The number of sulfonamides is 2. The molecule has 2 aromatic carbocycles. The van der Waals surface area contributed by atoms with E-state index in [2.05, 4.69) is 4.72 Å². The van der Waals surface area contributed by atoms with E-state index in [1.165, 1.54) is 23.5 Å². The number of rotatable bonds is 8. The summed E-state index contributed by atoms with van der Waals surface area (Å²) >= 11 is 0. The van der Waals surface area contributed by atoms with Crippen LogP contribution in [0.3, 0.4) is 0 Å². The summed E-state index contributed by atoms with van der Waals surface area (Å²) in [5.41, 5.74) is 1.64. The molecule has 10 nitrogen and oxygen atoms in total. The van der Waals surface area contributed by atoms with Crippen LogP contribution < -0.4 is 9.46 Å². The molecule has 0 aliphatic carbocycles. The molecule has 12 heteroatoms. The molecule has 0 spiro atoms. The largest absolute Gasteiger partial charge is 0.488 e. The zero-order chi connectivity index (χ0) is 27.5. The smallest absolute Gasteiger partial charge is 0.261 e. The number of nitrogens with zero attached hydrogens (tertiary/aromatic N) is 2. The maximum absolute atomic E-state index is 13.3. The number of benzene rings is 2. The normalized spacial score (nSPS) is 19.9. The SMILES string of the molecule is Cc1ccc(S(=O)(=O)Nc2ccc3c(c2)CC(=O)N([C@@H](C)CO)C[C@H](C)[C@@H](CN(C)S(C)(=O)=O)O3)cc1. The standard InChI is InChI=1S/C25H35N3O7S2/c1-17-6-9-22(10-7-17)37(33,34)26-21-8-11-23-20(12-21)13-25(30)28(19(3)16-29)14-18(2)24(35-23)15-27(4)36(5,31)32/h6-12,18-19,24,26,29H,13-16H2,1-5H3/t18-,19-,24+/m0/s1. The Labute approximate surface area is 219 Å². The summed E-state index contributed by atoms with van der Waals surface area (Å²) in [7, 11) is -5.89. The van der Waals surface area contributed by atoms with Gasteiger partial charge in [-0.15, -0.1) is 0 Å². The van der Waals surface area contributed by atoms with E-state index in [9.17, 15) is 26.7 Å². The summed E-state index contributed by atoms with van der Waals surface area (Å²) in [5.74, 6) is -0.161. The Kier molecular flexibility index (Phi) is 8.89. The number of hydrogen-bond acceptors (Lipinski definition) is 7. The van der Waals surface area contributed by atoms with Crippen molar-refractivity contribution >= 4 is 31.6 Å². The number of amides is 1. The van der Waals surface area contributed by atoms with E-state index < -0.39 is 32.2 Å². The van der Waals surface area contributed by atoms with Crippen molar-refractivity contribution in [3.05, 3.63) is 53.6 Å². The fourth-order valence-electron chi connectivity index (χ4n) is 4.03. The maximum atomic E-state index is 13.3. The Morgan fingerprint density at radius 3 is 2.41 bits per heavy atom. The van der Waals surface area contributed by atoms with Crippen molar-refractivity contribution in [1.82, 2.24) is 9.21 Å². The molecule has 0 fully saturated rings. The second-order valence-corrected chi connectivity index (χ2v) is 13.4. The molecule has 2 aromatic rings. The van der Waals surface area contributed by atoms with Crippen LogP contribution in [0.15, 0.2) is 47.4 Å². The van der Waals surface area contributed by atoms with Gasteiger partial charge in [-0.25, -0.2) is 21.1 Å². The number of carbonyl (C=O) groups is 1. The summed E-state index contributed by atoms with van der Waals surface area (Å²) in [6.45, 7) is 5.52. The van der Waals surface area contributed by atoms with Gasteiger partial charge in [0.05, 0.1) is 36.8 Å². The van der Waals surface area contributed by atoms with E-state index in [1.807, 2.05) is 13.8 Å². The molecule has 0 radical (unpaired) electrons. The topological polar surface area (TPSA) is 133 Å². The van der Waals surface area contributed by atoms with Crippen LogP contribution in [0.25, 0.3) is 0 Å². The van der Waals surface area contributed by atoms with Gasteiger partial charge >= 0.3 is 0 Å². The van der Waals surface area contributed by atoms with E-state index in [1.54, 1.807) is 42.2 Å². The average molecular weight is 554 g/mol. The highest BCUT2D eigenvalue weighted by Gasteiger charge is 2.32. The Morgan fingerprint density at radius 2 is 1.81 bits per heavy atom. The molecule has 0 saturated heterocycles. The fourth-order valence-corrected chi connectivity index (χ4v) is 5.50. The number of anilines is 1. The molecule has 0 bridgehead atoms. The van der Waals surface area contributed by atoms with Crippen LogP contribution in [-0.4, -0.2) is 82.2 Å². The minimum atomic E-state index is -3.87. The first-order valence-corrected chi connectivity index (χ1v) is 15.2. The molecule has 3 atom stereocenters. The number of carbonyl (C=O) groups excluding carboxylic acids is 1. The molecule has 1 aliphatic heterocycles. The molecule has 2 N–H and O–H groups in total. The van der Waals surface area contributed by atoms with Gasteiger partial charge < -0.3 is 14.7 Å². The second kappa shape index (κ2) is 11.4. The van der Waals surface area contributed by atoms with Gasteiger partial charge in [0.25, 0.3) is 10.0 Å². The number of ether oxygens (including phenoxy) is 1. The highest BCUT2D eigenvalue weighted by molar-refractivity contribution is 7.92. The van der Waals surface area contributed by atoms with Crippen molar-refractivity contribution < 1.29 is 31.5 Å². The van der Waals surface area contributed by atoms with E-state index in [0.717, 1.165) is 11.8 Å². The molecule has 1 aliphatic rings. The maximum Gasteiger partial charge on any atom is 0.261 e. The second-order valence-electron chi connectivity index (χ2n) is 9.67. The lowest BCUT2D eigenvalue weighted by Crippen LogP contribution is -2.48. The molecule has 0 aromatic heterocycles. The number of hydrogen-bond donors (Lipinski definition) is 2. The first-order chi connectivity index (χ1) is 17.2. The van der Waals surface area contributed by atoms with Gasteiger partial charge in [-0.2, -0.15) is 0 Å². The third-order valence-electron chi connectivity index (χ3n) is 6.50. The molecule has 0 unspecified atom stereocenters. The van der Waals surface area contributed by atoms with Gasteiger partial charge in [0, 0.05) is 30.8 Å². The fraction of sp³-hybridized carbons (Fsp3) is 0.480. The number of fused-ring (bicyclic) bond motifs is 1. The monoisotopic (exact) mass is 553 g/mol. The molecule has 1 amide bonds. The van der Waals surface area contributed by atoms with Crippen LogP contribution in [0, 0.1) is 12.8 Å². The van der Waals surface area contributed by atoms with Crippen LogP contribution in [0.5, 0.6) is 5.75 Å². The average Bonchev–Trinajstić information content (AvgIpc) is 2.86. The third kappa shape index (κ3) is 7.22. The van der Waals surface area contributed by atoms with E-state index in [4.69, 9.17) is 4.74 Å². The quantitative estimate of drug-likeness (QED) is 0.510. The summed E-state index contributed by atoms with van der Waals surface area (Å²) < 4.78 is 60.0. The minimum Gasteiger partial charge on any atom is -0.488 e. The van der Waals surface area contributed by atoms with Crippen molar-refractivity contribution in [2.24, 2.45) is 5.92 Å². The first kappa shape index (κ1) is 28.9. The van der Waals surface area contributed by atoms with Crippen LogP contribution in [0.1, 0.15) is 25.0 Å². The molecule has 1 heterocycles. The Hall–Kier alpha value is -2.67. The lowest BCUT2D eigenvalue weighted by Gasteiger charge is -2.33. The number of nitrogens with one attached hydrogen (secondary N) is 1. The number of aliphatic hydroxyl groups excluding tert-OH is 1. The summed E-state index contributed by atoms with van der Waals surface area (Å²) in [4.78, 5) is 14.9. The van der Waals surface area contributed by atoms with Crippen molar-refractivity contribution in [1.29, 1.82) is 0 Å². The summed E-state index contributed by atoms with van der Waals surface area (Å²) in [6, 6.07) is 10.7. The number of aliphatic hydroxyl groups is 1. The van der Waals surface area contributed by atoms with Crippen molar-refractivity contribution in [3.63, 3.8) is 0 Å². The summed E-state index contributed by atoms with van der Waals surface area (Å²) in [6.07, 6.45) is 0.422. The molecule has 37 heavy (non-hydrogen) atoms. The van der Waals surface area contributed by atoms with E-state index in [-0.39, 0.29) is 48.5 Å². The number of likely N-dealkylation sites (N-methyl/N-ethyl adjacent to an activating group) is 1. The van der Waals surface area contributed by atoms with Crippen LogP contribution in [0.4, 0.5) is 5.69 Å². The zero-order valence-electron chi connectivity index (χ0n) is 21.7. The molecule has 0 saturated carbocycles. The Balaban J connectivity index is 1.99. The van der Waals surface area contributed by atoms with Crippen molar-refractivity contribution in [3.8, 4) is 5.75 Å².